The molecular weight excluding hydrogens is 358 g/mol. The number of methoxy groups -OCH3 is 1. The number of halogens is 1. The van der Waals surface area contributed by atoms with Crippen LogP contribution in [0.25, 0.3) is 11.6 Å². The highest BCUT2D eigenvalue weighted by Crippen LogP contribution is 2.26. The van der Waals surface area contributed by atoms with Crippen LogP contribution in [0.3, 0.4) is 0 Å². The molecule has 3 aromatic rings. The molecule has 0 aliphatic rings. The molecule has 136 valence electrons. The third kappa shape index (κ3) is 4.57. The Morgan fingerprint density at radius 2 is 1.67 bits per heavy atom. The Morgan fingerprint density at radius 1 is 0.963 bits per heavy atom. The Morgan fingerprint density at radius 3 is 2.33 bits per heavy atom. The van der Waals surface area contributed by atoms with E-state index in [1.165, 1.54) is 0 Å². The van der Waals surface area contributed by atoms with Crippen molar-refractivity contribution >= 4 is 34.8 Å². The van der Waals surface area contributed by atoms with Crippen LogP contribution in [0.5, 0.6) is 5.75 Å². The van der Waals surface area contributed by atoms with Crippen LogP contribution in [-0.4, -0.2) is 13.0 Å². The maximum Gasteiger partial charge on any atom is 0.256 e. The summed E-state index contributed by atoms with van der Waals surface area (Å²) in [6.07, 6.45) is 1.87. The quantitative estimate of drug-likeness (QED) is 0.448. The number of hydrogen-bond acceptors (Lipinski definition) is 2. The number of nitrogens with one attached hydrogen (secondary N) is 1. The topological polar surface area (TPSA) is 38.3 Å². The highest BCUT2D eigenvalue weighted by Gasteiger charge is 2.14. The van der Waals surface area contributed by atoms with Crippen LogP contribution in [0.15, 0.2) is 72.8 Å². The van der Waals surface area contributed by atoms with E-state index in [0.29, 0.717) is 16.3 Å². The molecule has 0 atom stereocenters. The molecule has 0 fully saturated rings. The molecule has 0 aromatic heterocycles. The number of hydrogen-bond donors (Lipinski definition) is 1. The van der Waals surface area contributed by atoms with Crippen molar-refractivity contribution in [2.24, 2.45) is 0 Å². The molecule has 0 radical (unpaired) electrons. The summed E-state index contributed by atoms with van der Waals surface area (Å²) in [5.74, 6) is 0.579. The summed E-state index contributed by atoms with van der Waals surface area (Å²) in [4.78, 5) is 13.1. The van der Waals surface area contributed by atoms with E-state index in [0.717, 1.165) is 22.4 Å². The molecule has 0 aliphatic heterocycles. The van der Waals surface area contributed by atoms with Crippen molar-refractivity contribution in [3.05, 3.63) is 94.5 Å². The predicted octanol–water partition coefficient (Wildman–Crippen LogP) is 5.84. The van der Waals surface area contributed by atoms with E-state index in [1.807, 2.05) is 79.7 Å². The lowest BCUT2D eigenvalue weighted by Crippen LogP contribution is -2.14. The van der Waals surface area contributed by atoms with Crippen LogP contribution in [0.2, 0.25) is 5.02 Å². The summed E-state index contributed by atoms with van der Waals surface area (Å²) in [5, 5.41) is 3.59. The van der Waals surface area contributed by atoms with Gasteiger partial charge in [0.05, 0.1) is 7.11 Å². The van der Waals surface area contributed by atoms with Crippen molar-refractivity contribution in [1.82, 2.24) is 0 Å². The molecule has 4 heteroatoms. The first-order valence-corrected chi connectivity index (χ1v) is 8.94. The van der Waals surface area contributed by atoms with Crippen molar-refractivity contribution in [3.63, 3.8) is 0 Å². The monoisotopic (exact) mass is 377 g/mol. The van der Waals surface area contributed by atoms with Gasteiger partial charge in [0, 0.05) is 16.3 Å². The third-order valence-corrected chi connectivity index (χ3v) is 4.68. The minimum atomic E-state index is -0.192. The smallest absolute Gasteiger partial charge is 0.256 e. The van der Waals surface area contributed by atoms with Gasteiger partial charge in [0.15, 0.2) is 0 Å². The molecule has 0 bridgehead atoms. The summed E-state index contributed by atoms with van der Waals surface area (Å²) in [6, 6.07) is 22.6. The van der Waals surface area contributed by atoms with Crippen LogP contribution >= 0.6 is 11.6 Å². The lowest BCUT2D eigenvalue weighted by atomic mass is 10.0. The van der Waals surface area contributed by atoms with Gasteiger partial charge in [-0.1, -0.05) is 60.1 Å². The average Bonchev–Trinajstić information content (AvgIpc) is 2.70. The minimum absolute atomic E-state index is 0.192. The number of amides is 1. The zero-order valence-electron chi connectivity index (χ0n) is 15.2. The second kappa shape index (κ2) is 8.56. The fraction of sp³-hybridized carbons (Fsp3) is 0.0870. The highest BCUT2D eigenvalue weighted by atomic mass is 35.5. The summed E-state index contributed by atoms with van der Waals surface area (Å²) in [7, 11) is 1.63. The van der Waals surface area contributed by atoms with Crippen molar-refractivity contribution in [1.29, 1.82) is 0 Å². The second-order valence-corrected chi connectivity index (χ2v) is 6.47. The third-order valence-electron chi connectivity index (χ3n) is 4.27. The lowest BCUT2D eigenvalue weighted by molar-refractivity contribution is -0.111. The van der Waals surface area contributed by atoms with E-state index in [2.05, 4.69) is 5.32 Å². The Labute approximate surface area is 164 Å². The Hall–Kier alpha value is -3.04. The molecule has 1 amide bonds. The van der Waals surface area contributed by atoms with Gasteiger partial charge in [0.1, 0.15) is 5.75 Å². The number of rotatable bonds is 5. The Kier molecular flexibility index (Phi) is 5.94. The molecule has 3 nitrogen and oxygen atoms in total. The zero-order valence-corrected chi connectivity index (χ0v) is 16.0. The largest absolute Gasteiger partial charge is 0.497 e. The van der Waals surface area contributed by atoms with Gasteiger partial charge in [-0.25, -0.2) is 0 Å². The van der Waals surface area contributed by atoms with Gasteiger partial charge in [-0.15, -0.1) is 0 Å². The van der Waals surface area contributed by atoms with E-state index in [-0.39, 0.29) is 5.91 Å². The molecule has 1 N–H and O–H groups in total. The molecule has 0 unspecified atom stereocenters. The van der Waals surface area contributed by atoms with Gasteiger partial charge >= 0.3 is 0 Å². The van der Waals surface area contributed by atoms with Gasteiger partial charge in [-0.2, -0.15) is 0 Å². The van der Waals surface area contributed by atoms with E-state index >= 15 is 0 Å². The Bertz CT molecular complexity index is 963. The minimum Gasteiger partial charge on any atom is -0.497 e. The first-order chi connectivity index (χ1) is 13.1. The van der Waals surface area contributed by atoms with E-state index in [4.69, 9.17) is 16.3 Å². The second-order valence-electron chi connectivity index (χ2n) is 6.06. The van der Waals surface area contributed by atoms with Crippen LogP contribution < -0.4 is 10.1 Å². The highest BCUT2D eigenvalue weighted by molar-refractivity contribution is 6.32. The number of anilines is 1. The fourth-order valence-electron chi connectivity index (χ4n) is 2.70. The Balaban J connectivity index is 1.97. The summed E-state index contributed by atoms with van der Waals surface area (Å²) >= 11 is 6.17. The van der Waals surface area contributed by atoms with Gasteiger partial charge < -0.3 is 10.1 Å². The molecular formula is C23H20ClNO2. The van der Waals surface area contributed by atoms with Crippen LogP contribution in [0.1, 0.15) is 16.7 Å². The van der Waals surface area contributed by atoms with Crippen molar-refractivity contribution in [3.8, 4) is 5.75 Å². The molecule has 3 rings (SSSR count). The van der Waals surface area contributed by atoms with Crippen LogP contribution in [-0.2, 0) is 4.79 Å². The number of benzene rings is 3. The average molecular weight is 378 g/mol. The van der Waals surface area contributed by atoms with Gasteiger partial charge in [0.2, 0.25) is 0 Å². The van der Waals surface area contributed by atoms with E-state index in [1.54, 1.807) is 13.2 Å². The standard InChI is InChI=1S/C23H20ClNO2/c1-16-21(24)9-6-10-22(16)25-23(26)20(18-7-4-3-5-8-18)15-17-11-13-19(27-2)14-12-17/h3-15H,1-2H3,(H,25,26). The van der Waals surface area contributed by atoms with Crippen molar-refractivity contribution in [2.75, 3.05) is 12.4 Å². The summed E-state index contributed by atoms with van der Waals surface area (Å²) in [6.45, 7) is 1.88. The maximum atomic E-state index is 13.1. The first-order valence-electron chi connectivity index (χ1n) is 8.56. The number of carbonyl (C=O) groups excluding carboxylic acids is 1. The molecule has 0 aliphatic carbocycles. The molecule has 3 aromatic carbocycles. The predicted molar refractivity (Wildman–Crippen MR) is 112 cm³/mol. The van der Waals surface area contributed by atoms with Crippen molar-refractivity contribution < 1.29 is 9.53 Å². The van der Waals surface area contributed by atoms with Crippen molar-refractivity contribution in [2.45, 2.75) is 6.92 Å². The summed E-state index contributed by atoms with van der Waals surface area (Å²) in [5.41, 5.74) is 3.85. The van der Waals surface area contributed by atoms with Gasteiger partial charge in [0.25, 0.3) is 5.91 Å². The lowest BCUT2D eigenvalue weighted by Gasteiger charge is -2.12. The zero-order chi connectivity index (χ0) is 19.2. The SMILES string of the molecule is COc1ccc(C=C(C(=O)Nc2cccc(Cl)c2C)c2ccccc2)cc1. The number of ether oxygens (including phenoxy) is 1. The van der Waals surface area contributed by atoms with Gasteiger partial charge in [-0.3, -0.25) is 4.79 Å². The molecule has 0 spiro atoms. The molecule has 0 saturated carbocycles. The van der Waals surface area contributed by atoms with E-state index < -0.39 is 0 Å². The normalized spacial score (nSPS) is 11.1. The van der Waals surface area contributed by atoms with Crippen LogP contribution in [0.4, 0.5) is 5.69 Å². The maximum absolute atomic E-state index is 13.1. The molecule has 27 heavy (non-hydrogen) atoms. The summed E-state index contributed by atoms with van der Waals surface area (Å²) < 4.78 is 5.20. The molecule has 0 heterocycles. The van der Waals surface area contributed by atoms with E-state index in [9.17, 15) is 4.79 Å². The number of carbonyl (C=O) groups is 1. The molecule has 0 saturated heterocycles. The first kappa shape index (κ1) is 18.7. The fourth-order valence-corrected chi connectivity index (χ4v) is 2.87. The van der Waals surface area contributed by atoms with Gasteiger partial charge in [-0.05, 0) is 54.0 Å². The van der Waals surface area contributed by atoms with Crippen LogP contribution in [0, 0.1) is 6.92 Å².